The van der Waals surface area contributed by atoms with Crippen LogP contribution in [0.2, 0.25) is 0 Å². The van der Waals surface area contributed by atoms with Crippen molar-refractivity contribution in [3.63, 3.8) is 0 Å². The van der Waals surface area contributed by atoms with Crippen molar-refractivity contribution in [1.29, 1.82) is 0 Å². The molecular formula is C12H23N. The molecule has 2 fully saturated rings. The molecule has 2 saturated heterocycles. The Morgan fingerprint density at radius 1 is 0.846 bits per heavy atom. The first-order valence-electron chi connectivity index (χ1n) is 5.85. The summed E-state index contributed by atoms with van der Waals surface area (Å²) in [5.74, 6) is 3.66. The highest BCUT2D eigenvalue weighted by atomic mass is 15.0. The number of fused-ring (bicyclic) bond motifs is 2. The first-order chi connectivity index (χ1) is 6.09. The third kappa shape index (κ3) is 1.52. The monoisotopic (exact) mass is 181 g/mol. The molecule has 0 saturated carbocycles. The molecule has 2 aliphatic rings. The van der Waals surface area contributed by atoms with Gasteiger partial charge in [0, 0.05) is 12.1 Å². The minimum Gasteiger partial charge on any atom is -0.311 e. The summed E-state index contributed by atoms with van der Waals surface area (Å²) in [6, 6.07) is 1.69. The normalized spacial score (nSPS) is 43.8. The zero-order chi connectivity index (χ0) is 9.59. The lowest BCUT2D eigenvalue weighted by atomic mass is 9.73. The van der Waals surface area contributed by atoms with Gasteiger partial charge in [-0.05, 0) is 36.5 Å². The van der Waals surface area contributed by atoms with Crippen LogP contribution in [0.25, 0.3) is 0 Å². The molecular weight excluding hydrogens is 158 g/mol. The van der Waals surface area contributed by atoms with Gasteiger partial charge < -0.3 is 5.32 Å². The molecule has 0 aliphatic carbocycles. The molecule has 1 nitrogen and oxygen atoms in total. The summed E-state index contributed by atoms with van der Waals surface area (Å²) in [6.07, 6.45) is 2.87. The molecule has 2 rings (SSSR count). The van der Waals surface area contributed by atoms with Crippen LogP contribution in [0.15, 0.2) is 0 Å². The zero-order valence-corrected chi connectivity index (χ0v) is 9.38. The Labute approximate surface area is 82.3 Å². The van der Waals surface area contributed by atoms with Gasteiger partial charge in [0.1, 0.15) is 0 Å². The number of nitrogens with one attached hydrogen (secondary N) is 1. The van der Waals surface area contributed by atoms with E-state index in [1.54, 1.807) is 0 Å². The molecule has 76 valence electrons. The van der Waals surface area contributed by atoms with E-state index in [2.05, 4.69) is 33.0 Å². The lowest BCUT2D eigenvalue weighted by Crippen LogP contribution is -2.29. The van der Waals surface area contributed by atoms with Crippen molar-refractivity contribution in [2.45, 2.75) is 52.6 Å². The summed E-state index contributed by atoms with van der Waals surface area (Å²) in [4.78, 5) is 0. The van der Waals surface area contributed by atoms with E-state index in [1.165, 1.54) is 12.8 Å². The van der Waals surface area contributed by atoms with E-state index < -0.39 is 0 Å². The summed E-state index contributed by atoms with van der Waals surface area (Å²) >= 11 is 0. The smallest absolute Gasteiger partial charge is 0.0104 e. The van der Waals surface area contributed by atoms with Gasteiger partial charge in [-0.3, -0.25) is 0 Å². The number of hydrogen-bond acceptors (Lipinski definition) is 1. The molecule has 2 heterocycles. The minimum atomic E-state index is 0.845. The van der Waals surface area contributed by atoms with Crippen LogP contribution in [0.3, 0.4) is 0 Å². The molecule has 2 bridgehead atoms. The summed E-state index contributed by atoms with van der Waals surface area (Å²) < 4.78 is 0. The molecule has 0 amide bonds. The van der Waals surface area contributed by atoms with Crippen molar-refractivity contribution < 1.29 is 0 Å². The van der Waals surface area contributed by atoms with Crippen molar-refractivity contribution in [1.82, 2.24) is 5.32 Å². The largest absolute Gasteiger partial charge is 0.311 e. The lowest BCUT2D eigenvalue weighted by molar-refractivity contribution is 0.232. The van der Waals surface area contributed by atoms with E-state index >= 15 is 0 Å². The van der Waals surface area contributed by atoms with E-state index in [4.69, 9.17) is 0 Å². The summed E-state index contributed by atoms with van der Waals surface area (Å²) in [5.41, 5.74) is 0. The maximum atomic E-state index is 3.79. The van der Waals surface area contributed by atoms with Crippen LogP contribution >= 0.6 is 0 Å². The molecule has 1 N–H and O–H groups in total. The topological polar surface area (TPSA) is 12.0 Å². The Morgan fingerprint density at radius 3 is 1.46 bits per heavy atom. The Balaban J connectivity index is 1.99. The SMILES string of the molecule is CC(C)C1C[C@@H]2N[C@H]1CC2C(C)C. The highest BCUT2D eigenvalue weighted by Gasteiger charge is 2.46. The van der Waals surface area contributed by atoms with Gasteiger partial charge in [0.05, 0.1) is 0 Å². The molecule has 0 aromatic carbocycles. The molecule has 2 aliphatic heterocycles. The third-order valence-electron chi connectivity index (χ3n) is 4.23. The van der Waals surface area contributed by atoms with Gasteiger partial charge in [0.15, 0.2) is 0 Å². The summed E-state index contributed by atoms with van der Waals surface area (Å²) in [6.45, 7) is 9.49. The van der Waals surface area contributed by atoms with Crippen molar-refractivity contribution in [2.75, 3.05) is 0 Å². The van der Waals surface area contributed by atoms with Crippen molar-refractivity contribution in [2.24, 2.45) is 23.7 Å². The average Bonchev–Trinajstić information content (AvgIpc) is 2.60. The van der Waals surface area contributed by atoms with Gasteiger partial charge >= 0.3 is 0 Å². The third-order valence-corrected chi connectivity index (χ3v) is 4.23. The first-order valence-corrected chi connectivity index (χ1v) is 5.85. The maximum absolute atomic E-state index is 3.79. The zero-order valence-electron chi connectivity index (χ0n) is 9.38. The minimum absolute atomic E-state index is 0.845. The van der Waals surface area contributed by atoms with Crippen LogP contribution < -0.4 is 5.32 Å². The van der Waals surface area contributed by atoms with E-state index in [-0.39, 0.29) is 0 Å². The van der Waals surface area contributed by atoms with Crippen LogP contribution in [0, 0.1) is 23.7 Å². The Morgan fingerprint density at radius 2 is 1.23 bits per heavy atom. The van der Waals surface area contributed by atoms with Gasteiger partial charge in [-0.25, -0.2) is 0 Å². The van der Waals surface area contributed by atoms with E-state index in [0.717, 1.165) is 35.8 Å². The summed E-state index contributed by atoms with van der Waals surface area (Å²) in [5, 5.41) is 3.79. The first kappa shape index (κ1) is 9.51. The van der Waals surface area contributed by atoms with Crippen LogP contribution in [0.5, 0.6) is 0 Å². The highest BCUT2D eigenvalue weighted by Crippen LogP contribution is 2.43. The van der Waals surface area contributed by atoms with Crippen LogP contribution in [-0.4, -0.2) is 12.1 Å². The second-order valence-electron chi connectivity index (χ2n) is 5.67. The highest BCUT2D eigenvalue weighted by molar-refractivity contribution is 5.03. The predicted molar refractivity (Wildman–Crippen MR) is 56.6 cm³/mol. The maximum Gasteiger partial charge on any atom is 0.0104 e. The van der Waals surface area contributed by atoms with Gasteiger partial charge in [0.25, 0.3) is 0 Å². The fourth-order valence-corrected chi connectivity index (χ4v) is 3.40. The second-order valence-corrected chi connectivity index (χ2v) is 5.67. The molecule has 0 spiro atoms. The van der Waals surface area contributed by atoms with Gasteiger partial charge in [-0.2, -0.15) is 0 Å². The van der Waals surface area contributed by atoms with E-state index in [0.29, 0.717) is 0 Å². The van der Waals surface area contributed by atoms with Crippen molar-refractivity contribution in [3.8, 4) is 0 Å². The van der Waals surface area contributed by atoms with Crippen molar-refractivity contribution >= 4 is 0 Å². The Bertz CT molecular complexity index is 166. The van der Waals surface area contributed by atoms with E-state index in [9.17, 15) is 0 Å². The molecule has 1 heteroatoms. The fourth-order valence-electron chi connectivity index (χ4n) is 3.40. The van der Waals surface area contributed by atoms with Crippen LogP contribution in [-0.2, 0) is 0 Å². The van der Waals surface area contributed by atoms with Gasteiger partial charge in [-0.15, -0.1) is 0 Å². The molecule has 0 aromatic rings. The molecule has 0 radical (unpaired) electrons. The lowest BCUT2D eigenvalue weighted by Gasteiger charge is -2.30. The van der Waals surface area contributed by atoms with Gasteiger partial charge in [0.2, 0.25) is 0 Å². The Hall–Kier alpha value is -0.0400. The number of hydrogen-bond donors (Lipinski definition) is 1. The molecule has 4 atom stereocenters. The summed E-state index contributed by atoms with van der Waals surface area (Å²) in [7, 11) is 0. The fraction of sp³-hybridized carbons (Fsp3) is 1.00. The van der Waals surface area contributed by atoms with Gasteiger partial charge in [-0.1, -0.05) is 27.7 Å². The molecule has 0 aromatic heterocycles. The second kappa shape index (κ2) is 3.27. The van der Waals surface area contributed by atoms with Crippen LogP contribution in [0.1, 0.15) is 40.5 Å². The van der Waals surface area contributed by atoms with Crippen LogP contribution in [0.4, 0.5) is 0 Å². The van der Waals surface area contributed by atoms with E-state index in [1.807, 2.05) is 0 Å². The predicted octanol–water partition coefficient (Wildman–Crippen LogP) is 2.67. The number of rotatable bonds is 2. The van der Waals surface area contributed by atoms with Crippen molar-refractivity contribution in [3.05, 3.63) is 0 Å². The quantitative estimate of drug-likeness (QED) is 0.690. The standard InChI is InChI=1S/C12H23N/c1-7(2)9-5-12-10(8(3)4)6-11(9)13-12/h7-13H,5-6H2,1-4H3/t9?,10?,11-,12-/m0/s1. The molecule has 2 unspecified atom stereocenters. The Kier molecular flexibility index (Phi) is 2.39. The average molecular weight is 181 g/mol. The molecule has 13 heavy (non-hydrogen) atoms.